The number of aryl methyl sites for hydroxylation is 1. The molecule has 0 aliphatic heterocycles. The van der Waals surface area contributed by atoms with E-state index in [1.165, 1.54) is 24.6 Å². The van der Waals surface area contributed by atoms with E-state index in [0.717, 1.165) is 30.9 Å². The number of nitrogens with zero attached hydrogens (tertiary/aromatic N) is 1. The first-order valence-corrected chi connectivity index (χ1v) is 9.46. The summed E-state index contributed by atoms with van der Waals surface area (Å²) in [5.41, 5.74) is 2.36. The number of carbonyl (C=O) groups is 2. The van der Waals surface area contributed by atoms with Crippen LogP contribution in [0, 0.1) is 10.1 Å². The molecule has 2 aromatic rings. The van der Waals surface area contributed by atoms with Crippen LogP contribution in [0.1, 0.15) is 47.3 Å². The van der Waals surface area contributed by atoms with Crippen molar-refractivity contribution in [3.63, 3.8) is 0 Å². The van der Waals surface area contributed by atoms with Crippen LogP contribution in [0.3, 0.4) is 0 Å². The van der Waals surface area contributed by atoms with E-state index < -0.39 is 22.9 Å². The molecule has 0 aromatic heterocycles. The molecule has 2 atom stereocenters. The van der Waals surface area contributed by atoms with Gasteiger partial charge >= 0.3 is 5.97 Å². The molecule has 0 bridgehead atoms. The van der Waals surface area contributed by atoms with Crippen molar-refractivity contribution in [3.8, 4) is 0 Å². The van der Waals surface area contributed by atoms with Crippen molar-refractivity contribution < 1.29 is 19.2 Å². The monoisotopic (exact) mass is 397 g/mol. The number of nitrogens with one attached hydrogen (secondary N) is 2. The fraction of sp³-hybridized carbons (Fsp3) is 0.333. The maximum Gasteiger partial charge on any atom is 0.339 e. The first-order chi connectivity index (χ1) is 13.9. The molecule has 2 aromatic carbocycles. The minimum absolute atomic E-state index is 0.0124. The molecule has 0 saturated carbocycles. The van der Waals surface area contributed by atoms with Gasteiger partial charge in [0.2, 0.25) is 0 Å². The number of hydrogen-bond acceptors (Lipinski definition) is 6. The molecular weight excluding hydrogens is 374 g/mol. The molecule has 0 saturated heterocycles. The summed E-state index contributed by atoms with van der Waals surface area (Å²) in [7, 11) is 1.55. The Morgan fingerprint density at radius 3 is 2.72 bits per heavy atom. The molecule has 3 rings (SSSR count). The van der Waals surface area contributed by atoms with E-state index in [-0.39, 0.29) is 23.0 Å². The lowest BCUT2D eigenvalue weighted by Crippen LogP contribution is -2.39. The standard InChI is InChI=1S/C21H23N3O5/c1-13(20(25)23-17-9-5-7-14-6-3-4-8-16(14)17)29-21(26)15-10-11-18(22-2)19(12-15)24(27)28/h3-4,6,8,10-13,17,22H,5,7,9H2,1-2H3,(H,23,25)/t13-,17+/m1/s1. The van der Waals surface area contributed by atoms with Crippen LogP contribution in [0.4, 0.5) is 11.4 Å². The van der Waals surface area contributed by atoms with Crippen molar-refractivity contribution in [2.75, 3.05) is 12.4 Å². The van der Waals surface area contributed by atoms with Gasteiger partial charge in [-0.3, -0.25) is 14.9 Å². The lowest BCUT2D eigenvalue weighted by atomic mass is 9.87. The quantitative estimate of drug-likeness (QED) is 0.439. The number of hydrogen-bond donors (Lipinski definition) is 2. The van der Waals surface area contributed by atoms with Gasteiger partial charge in [0, 0.05) is 13.1 Å². The lowest BCUT2D eigenvalue weighted by Gasteiger charge is -2.27. The van der Waals surface area contributed by atoms with Crippen LogP contribution in [-0.4, -0.2) is 30.0 Å². The molecule has 8 heteroatoms. The van der Waals surface area contributed by atoms with E-state index in [1.807, 2.05) is 18.2 Å². The van der Waals surface area contributed by atoms with E-state index in [4.69, 9.17) is 4.74 Å². The van der Waals surface area contributed by atoms with Crippen molar-refractivity contribution in [2.45, 2.75) is 38.3 Å². The molecule has 0 heterocycles. The van der Waals surface area contributed by atoms with Gasteiger partial charge in [-0.15, -0.1) is 0 Å². The Kier molecular flexibility index (Phi) is 6.11. The summed E-state index contributed by atoms with van der Waals surface area (Å²) in [6.45, 7) is 1.48. The Hall–Kier alpha value is -3.42. The predicted octanol–water partition coefficient (Wildman–Crippen LogP) is 3.38. The van der Waals surface area contributed by atoms with Gasteiger partial charge in [0.15, 0.2) is 6.10 Å². The zero-order valence-corrected chi connectivity index (χ0v) is 16.3. The Bertz CT molecular complexity index is 944. The molecule has 0 spiro atoms. The molecule has 0 fully saturated rings. The van der Waals surface area contributed by atoms with E-state index in [2.05, 4.69) is 16.7 Å². The van der Waals surface area contributed by atoms with Crippen LogP contribution in [0.2, 0.25) is 0 Å². The number of amides is 1. The van der Waals surface area contributed by atoms with Gasteiger partial charge in [-0.1, -0.05) is 24.3 Å². The summed E-state index contributed by atoms with van der Waals surface area (Å²) in [5.74, 6) is -1.19. The van der Waals surface area contributed by atoms with Crippen LogP contribution in [0.5, 0.6) is 0 Å². The van der Waals surface area contributed by atoms with Crippen molar-refractivity contribution in [3.05, 3.63) is 69.3 Å². The van der Waals surface area contributed by atoms with Gasteiger partial charge in [0.05, 0.1) is 16.5 Å². The van der Waals surface area contributed by atoms with Crippen LogP contribution in [0.25, 0.3) is 0 Å². The van der Waals surface area contributed by atoms with Gasteiger partial charge in [-0.25, -0.2) is 4.79 Å². The van der Waals surface area contributed by atoms with E-state index in [1.54, 1.807) is 7.05 Å². The third kappa shape index (κ3) is 4.53. The number of rotatable bonds is 6. The summed E-state index contributed by atoms with van der Waals surface area (Å²) in [6.07, 6.45) is 1.74. The number of carbonyl (C=O) groups excluding carboxylic acids is 2. The highest BCUT2D eigenvalue weighted by Crippen LogP contribution is 2.29. The average Bonchev–Trinajstić information content (AvgIpc) is 2.73. The topological polar surface area (TPSA) is 111 Å². The van der Waals surface area contributed by atoms with Crippen molar-refractivity contribution in [2.24, 2.45) is 0 Å². The van der Waals surface area contributed by atoms with E-state index in [9.17, 15) is 19.7 Å². The van der Waals surface area contributed by atoms with Crippen molar-refractivity contribution in [1.29, 1.82) is 0 Å². The Morgan fingerprint density at radius 2 is 2.00 bits per heavy atom. The zero-order valence-electron chi connectivity index (χ0n) is 16.3. The number of nitro groups is 1. The van der Waals surface area contributed by atoms with Crippen LogP contribution >= 0.6 is 0 Å². The SMILES string of the molecule is CNc1ccc(C(=O)O[C@H](C)C(=O)N[C@H]2CCCc3ccccc32)cc1[N+](=O)[O-]. The second-order valence-corrected chi connectivity index (χ2v) is 6.94. The van der Waals surface area contributed by atoms with Crippen LogP contribution in [-0.2, 0) is 16.0 Å². The molecule has 0 radical (unpaired) electrons. The molecular formula is C21H23N3O5. The fourth-order valence-corrected chi connectivity index (χ4v) is 3.50. The maximum absolute atomic E-state index is 12.6. The molecule has 1 aliphatic carbocycles. The molecule has 8 nitrogen and oxygen atoms in total. The summed E-state index contributed by atoms with van der Waals surface area (Å²) >= 11 is 0. The normalized spacial score (nSPS) is 16.3. The molecule has 2 N–H and O–H groups in total. The Balaban J connectivity index is 1.67. The van der Waals surface area contributed by atoms with Gasteiger partial charge in [0.25, 0.3) is 11.6 Å². The second-order valence-electron chi connectivity index (χ2n) is 6.94. The average molecular weight is 397 g/mol. The number of ether oxygens (including phenoxy) is 1. The largest absolute Gasteiger partial charge is 0.449 e. The summed E-state index contributed by atoms with van der Waals surface area (Å²) in [5, 5.41) is 16.8. The highest BCUT2D eigenvalue weighted by atomic mass is 16.6. The lowest BCUT2D eigenvalue weighted by molar-refractivity contribution is -0.384. The molecule has 29 heavy (non-hydrogen) atoms. The number of benzene rings is 2. The maximum atomic E-state index is 12.6. The van der Waals surface area contributed by atoms with Gasteiger partial charge in [-0.05, 0) is 49.4 Å². The number of fused-ring (bicyclic) bond motifs is 1. The Labute approximate surface area is 168 Å². The van der Waals surface area contributed by atoms with Gasteiger partial charge in [0.1, 0.15) is 5.69 Å². The third-order valence-corrected chi connectivity index (χ3v) is 5.04. The smallest absolute Gasteiger partial charge is 0.339 e. The van der Waals surface area contributed by atoms with Gasteiger partial charge < -0.3 is 15.4 Å². The number of anilines is 1. The van der Waals surface area contributed by atoms with Crippen molar-refractivity contribution >= 4 is 23.3 Å². The summed E-state index contributed by atoms with van der Waals surface area (Å²) < 4.78 is 5.24. The zero-order chi connectivity index (χ0) is 21.0. The molecule has 152 valence electrons. The summed E-state index contributed by atoms with van der Waals surface area (Å²) in [4.78, 5) is 35.5. The molecule has 1 amide bonds. The third-order valence-electron chi connectivity index (χ3n) is 5.04. The number of esters is 1. The van der Waals surface area contributed by atoms with Gasteiger partial charge in [-0.2, -0.15) is 0 Å². The van der Waals surface area contributed by atoms with Crippen LogP contribution < -0.4 is 10.6 Å². The fourth-order valence-electron chi connectivity index (χ4n) is 3.50. The van der Waals surface area contributed by atoms with E-state index >= 15 is 0 Å². The first-order valence-electron chi connectivity index (χ1n) is 9.46. The van der Waals surface area contributed by atoms with E-state index in [0.29, 0.717) is 0 Å². The van der Waals surface area contributed by atoms with Crippen LogP contribution in [0.15, 0.2) is 42.5 Å². The highest BCUT2D eigenvalue weighted by molar-refractivity contribution is 5.93. The highest BCUT2D eigenvalue weighted by Gasteiger charge is 2.26. The first kappa shape index (κ1) is 20.3. The summed E-state index contributed by atoms with van der Waals surface area (Å²) in [6, 6.07) is 11.8. The minimum atomic E-state index is -1.03. The second kappa shape index (κ2) is 8.72. The Morgan fingerprint density at radius 1 is 1.24 bits per heavy atom. The molecule has 0 unspecified atom stereocenters. The number of nitro benzene ring substituents is 1. The predicted molar refractivity (Wildman–Crippen MR) is 108 cm³/mol. The molecule has 1 aliphatic rings. The minimum Gasteiger partial charge on any atom is -0.449 e. The van der Waals surface area contributed by atoms with Crippen molar-refractivity contribution in [1.82, 2.24) is 5.32 Å².